The van der Waals surface area contributed by atoms with Crippen LogP contribution in [0.15, 0.2) is 41.3 Å². The fourth-order valence-electron chi connectivity index (χ4n) is 2.46. The minimum atomic E-state index is -3.86. The maximum absolute atomic E-state index is 14.4. The lowest BCUT2D eigenvalue weighted by Gasteiger charge is -2.06. The second-order valence-corrected chi connectivity index (χ2v) is 8.47. The number of aromatic nitrogens is 1. The number of thiazole rings is 1. The van der Waals surface area contributed by atoms with E-state index in [1.165, 1.54) is 24.3 Å². The zero-order chi connectivity index (χ0) is 22.2. The number of sulfonamides is 1. The van der Waals surface area contributed by atoms with E-state index in [1.54, 1.807) is 0 Å². The van der Waals surface area contributed by atoms with Gasteiger partial charge in [0.2, 0.25) is 15.8 Å². The molecule has 1 aromatic heterocycles. The number of nitrogen functional groups attached to an aromatic ring is 1. The largest absolute Gasteiger partial charge is 0.382 e. The van der Waals surface area contributed by atoms with Crippen LogP contribution in [0.1, 0.15) is 25.6 Å². The normalized spacial score (nSPS) is 11.3. The lowest BCUT2D eigenvalue weighted by Crippen LogP contribution is -2.17. The van der Waals surface area contributed by atoms with Crippen molar-refractivity contribution in [2.45, 2.75) is 4.90 Å². The first-order chi connectivity index (χ1) is 14.0. The summed E-state index contributed by atoms with van der Waals surface area (Å²) in [5, 5.41) is 7.91. The highest BCUT2D eigenvalue weighted by molar-refractivity contribution is 7.89. The zero-order valence-corrected chi connectivity index (χ0v) is 16.5. The summed E-state index contributed by atoms with van der Waals surface area (Å²) in [5.41, 5.74) is 9.51. The number of amides is 1. The molecule has 0 aliphatic carbocycles. The molecule has 0 saturated heterocycles. The van der Waals surface area contributed by atoms with Crippen molar-refractivity contribution in [3.05, 3.63) is 64.0 Å². The average Bonchev–Trinajstić information content (AvgIpc) is 3.01. The average molecular weight is 453 g/mol. The standard InChI is InChI=1S/C17H13F2N5O4S2/c18-10-6-5-9(16(21)26)12(19)11(10)13(25)14-15(20)24-17(29-14)23-7-1-3-8(4-2-7)30(22,27)28/h1-6H,20H2,(H2,21,26)(H,23,24)(H2,22,27,28). The quantitative estimate of drug-likeness (QED) is 0.411. The van der Waals surface area contributed by atoms with E-state index in [2.05, 4.69) is 10.3 Å². The first kappa shape index (κ1) is 21.3. The summed E-state index contributed by atoms with van der Waals surface area (Å²) >= 11 is 0.709. The molecule has 3 rings (SSSR count). The van der Waals surface area contributed by atoms with Crippen LogP contribution in [-0.4, -0.2) is 25.1 Å². The Hall–Kier alpha value is -3.42. The van der Waals surface area contributed by atoms with Crippen LogP contribution in [0.3, 0.4) is 0 Å². The summed E-state index contributed by atoms with van der Waals surface area (Å²) in [6.45, 7) is 0. The molecule has 0 bridgehead atoms. The molecule has 7 N–H and O–H groups in total. The molecule has 0 unspecified atom stereocenters. The molecule has 0 fully saturated rings. The SMILES string of the molecule is NC(=O)c1ccc(F)c(C(=O)c2sc(Nc3ccc(S(N)(=O)=O)cc3)nc2N)c1F. The number of primary sulfonamides is 1. The van der Waals surface area contributed by atoms with E-state index in [1.807, 2.05) is 0 Å². The Morgan fingerprint density at radius 3 is 2.27 bits per heavy atom. The predicted octanol–water partition coefficient (Wildman–Crippen LogP) is 1.72. The predicted molar refractivity (Wildman–Crippen MR) is 106 cm³/mol. The summed E-state index contributed by atoms with van der Waals surface area (Å²) in [6.07, 6.45) is 0. The van der Waals surface area contributed by atoms with E-state index in [9.17, 15) is 26.8 Å². The van der Waals surface area contributed by atoms with Crippen LogP contribution in [0.25, 0.3) is 0 Å². The number of anilines is 3. The molecule has 2 aromatic carbocycles. The molecular weight excluding hydrogens is 440 g/mol. The topological polar surface area (TPSA) is 171 Å². The first-order valence-electron chi connectivity index (χ1n) is 7.97. The van der Waals surface area contributed by atoms with Gasteiger partial charge in [-0.05, 0) is 36.4 Å². The number of nitrogens with zero attached hydrogens (tertiary/aromatic N) is 1. The van der Waals surface area contributed by atoms with Crippen LogP contribution in [0.5, 0.6) is 0 Å². The molecule has 0 atom stereocenters. The minimum absolute atomic E-state index is 0.103. The lowest BCUT2D eigenvalue weighted by atomic mass is 10.0. The van der Waals surface area contributed by atoms with Gasteiger partial charge in [-0.1, -0.05) is 11.3 Å². The van der Waals surface area contributed by atoms with Crippen molar-refractivity contribution < 1.29 is 26.8 Å². The molecule has 0 spiro atoms. The van der Waals surface area contributed by atoms with E-state index in [4.69, 9.17) is 16.6 Å². The Balaban J connectivity index is 1.93. The van der Waals surface area contributed by atoms with Crippen molar-refractivity contribution in [2.24, 2.45) is 10.9 Å². The van der Waals surface area contributed by atoms with Gasteiger partial charge in [0, 0.05) is 5.69 Å². The van der Waals surface area contributed by atoms with Gasteiger partial charge in [0.05, 0.1) is 16.0 Å². The highest BCUT2D eigenvalue weighted by Crippen LogP contribution is 2.31. The smallest absolute Gasteiger partial charge is 0.251 e. The molecule has 0 radical (unpaired) electrons. The van der Waals surface area contributed by atoms with Crippen LogP contribution >= 0.6 is 11.3 Å². The summed E-state index contributed by atoms with van der Waals surface area (Å²) in [7, 11) is -3.86. The number of primary amides is 1. The van der Waals surface area contributed by atoms with Crippen molar-refractivity contribution in [1.29, 1.82) is 0 Å². The Bertz CT molecular complexity index is 1270. The van der Waals surface area contributed by atoms with E-state index in [-0.39, 0.29) is 20.7 Å². The molecule has 1 heterocycles. The molecule has 0 saturated carbocycles. The number of hydrogen-bond donors (Lipinski definition) is 4. The summed E-state index contributed by atoms with van der Waals surface area (Å²) in [5.74, 6) is -5.15. The highest BCUT2D eigenvalue weighted by atomic mass is 32.2. The van der Waals surface area contributed by atoms with E-state index < -0.39 is 44.5 Å². The van der Waals surface area contributed by atoms with Crippen molar-refractivity contribution in [1.82, 2.24) is 4.98 Å². The van der Waals surface area contributed by atoms with Gasteiger partial charge in [-0.25, -0.2) is 27.3 Å². The van der Waals surface area contributed by atoms with E-state index in [0.29, 0.717) is 17.0 Å². The molecular formula is C17H13F2N5O4S2. The number of carbonyl (C=O) groups excluding carboxylic acids is 2. The second-order valence-electron chi connectivity index (χ2n) is 5.91. The molecule has 3 aromatic rings. The number of carbonyl (C=O) groups is 2. The minimum Gasteiger partial charge on any atom is -0.382 e. The van der Waals surface area contributed by atoms with Gasteiger partial charge in [0.1, 0.15) is 22.3 Å². The number of rotatable bonds is 6. The van der Waals surface area contributed by atoms with Crippen molar-refractivity contribution in [3.63, 3.8) is 0 Å². The third-order valence-corrected chi connectivity index (χ3v) is 5.79. The lowest BCUT2D eigenvalue weighted by molar-refractivity contribution is 0.0996. The van der Waals surface area contributed by atoms with Gasteiger partial charge < -0.3 is 16.8 Å². The van der Waals surface area contributed by atoms with Crippen molar-refractivity contribution in [3.8, 4) is 0 Å². The van der Waals surface area contributed by atoms with Crippen molar-refractivity contribution >= 4 is 49.7 Å². The molecule has 0 aliphatic rings. The maximum atomic E-state index is 14.4. The zero-order valence-electron chi connectivity index (χ0n) is 14.8. The Morgan fingerprint density at radius 2 is 1.70 bits per heavy atom. The number of nitrogens with two attached hydrogens (primary N) is 3. The summed E-state index contributed by atoms with van der Waals surface area (Å²) in [6, 6.07) is 6.88. The molecule has 13 heteroatoms. The van der Waals surface area contributed by atoms with Gasteiger partial charge in [0.15, 0.2) is 5.13 Å². The Morgan fingerprint density at radius 1 is 1.07 bits per heavy atom. The number of ketones is 1. The van der Waals surface area contributed by atoms with Crippen LogP contribution in [0.2, 0.25) is 0 Å². The first-order valence-corrected chi connectivity index (χ1v) is 10.3. The molecule has 156 valence electrons. The molecule has 30 heavy (non-hydrogen) atoms. The Labute approximate surface area is 172 Å². The molecule has 0 aliphatic heterocycles. The maximum Gasteiger partial charge on any atom is 0.251 e. The Kier molecular flexibility index (Phi) is 5.52. The van der Waals surface area contributed by atoms with Gasteiger partial charge in [-0.15, -0.1) is 0 Å². The van der Waals surface area contributed by atoms with Crippen LogP contribution in [0.4, 0.5) is 25.4 Å². The van der Waals surface area contributed by atoms with E-state index in [0.717, 1.165) is 12.1 Å². The van der Waals surface area contributed by atoms with Gasteiger partial charge in [-0.3, -0.25) is 9.59 Å². The summed E-state index contributed by atoms with van der Waals surface area (Å²) in [4.78, 5) is 27.5. The number of benzene rings is 2. The monoisotopic (exact) mass is 453 g/mol. The van der Waals surface area contributed by atoms with Crippen LogP contribution in [0, 0.1) is 11.6 Å². The number of nitrogens with one attached hydrogen (secondary N) is 1. The molecule has 1 amide bonds. The molecule has 9 nitrogen and oxygen atoms in total. The summed E-state index contributed by atoms with van der Waals surface area (Å²) < 4.78 is 51.1. The third-order valence-electron chi connectivity index (χ3n) is 3.88. The van der Waals surface area contributed by atoms with Gasteiger partial charge in [0.25, 0.3) is 5.91 Å². The number of halogens is 2. The van der Waals surface area contributed by atoms with Gasteiger partial charge in [-0.2, -0.15) is 0 Å². The van der Waals surface area contributed by atoms with E-state index >= 15 is 0 Å². The van der Waals surface area contributed by atoms with Gasteiger partial charge >= 0.3 is 0 Å². The fourth-order valence-corrected chi connectivity index (χ4v) is 3.83. The third kappa shape index (κ3) is 4.12. The van der Waals surface area contributed by atoms with Crippen molar-refractivity contribution in [2.75, 3.05) is 11.1 Å². The second kappa shape index (κ2) is 7.78. The number of hydrogen-bond acceptors (Lipinski definition) is 8. The fraction of sp³-hybridized carbons (Fsp3) is 0. The van der Waals surface area contributed by atoms with Crippen LogP contribution in [-0.2, 0) is 10.0 Å². The highest BCUT2D eigenvalue weighted by Gasteiger charge is 2.27. The van der Waals surface area contributed by atoms with Crippen LogP contribution < -0.4 is 21.9 Å².